The first-order valence-corrected chi connectivity index (χ1v) is 7.31. The number of carbonyl (C=O) groups is 1. The SMILES string of the molecule is CCC1(CC(C)=O)OCCc2c1[nH]c1c(C)cccc21. The van der Waals surface area contributed by atoms with Gasteiger partial charge >= 0.3 is 0 Å². The Balaban J connectivity index is 2.24. The molecule has 0 aliphatic carbocycles. The number of ketones is 1. The van der Waals surface area contributed by atoms with Gasteiger partial charge in [-0.25, -0.2) is 0 Å². The monoisotopic (exact) mass is 271 g/mol. The Labute approximate surface area is 119 Å². The molecule has 1 atom stereocenters. The van der Waals surface area contributed by atoms with E-state index in [1.54, 1.807) is 6.92 Å². The van der Waals surface area contributed by atoms with Gasteiger partial charge in [-0.3, -0.25) is 4.79 Å². The zero-order valence-corrected chi connectivity index (χ0v) is 12.4. The highest BCUT2D eigenvalue weighted by molar-refractivity contribution is 5.88. The van der Waals surface area contributed by atoms with Crippen LogP contribution in [0.3, 0.4) is 0 Å². The number of para-hydroxylation sites is 1. The molecule has 106 valence electrons. The summed E-state index contributed by atoms with van der Waals surface area (Å²) in [7, 11) is 0. The lowest BCUT2D eigenvalue weighted by Crippen LogP contribution is -2.36. The number of aryl methyl sites for hydroxylation is 1. The predicted molar refractivity (Wildman–Crippen MR) is 80.0 cm³/mol. The number of hydrogen-bond donors (Lipinski definition) is 1. The number of aromatic nitrogens is 1. The summed E-state index contributed by atoms with van der Waals surface area (Å²) >= 11 is 0. The fourth-order valence-corrected chi connectivity index (χ4v) is 3.43. The maximum Gasteiger partial charge on any atom is 0.133 e. The molecule has 3 nitrogen and oxygen atoms in total. The molecule has 20 heavy (non-hydrogen) atoms. The Hall–Kier alpha value is -1.61. The Kier molecular flexibility index (Phi) is 3.17. The van der Waals surface area contributed by atoms with E-state index in [2.05, 4.69) is 37.0 Å². The van der Waals surface area contributed by atoms with Crippen LogP contribution in [-0.2, 0) is 21.6 Å². The van der Waals surface area contributed by atoms with Crippen molar-refractivity contribution in [2.24, 2.45) is 0 Å². The van der Waals surface area contributed by atoms with Crippen LogP contribution in [0.15, 0.2) is 18.2 Å². The first-order valence-electron chi connectivity index (χ1n) is 7.31. The molecule has 1 aliphatic heterocycles. The molecule has 0 saturated carbocycles. The summed E-state index contributed by atoms with van der Waals surface area (Å²) in [6.07, 6.45) is 2.17. The van der Waals surface area contributed by atoms with E-state index in [0.29, 0.717) is 13.0 Å². The Morgan fingerprint density at radius 2 is 2.25 bits per heavy atom. The van der Waals surface area contributed by atoms with E-state index >= 15 is 0 Å². The molecule has 1 aliphatic rings. The number of Topliss-reactive ketones (excluding diaryl/α,β-unsaturated/α-hetero) is 1. The van der Waals surface area contributed by atoms with Crippen molar-refractivity contribution in [2.45, 2.75) is 45.6 Å². The van der Waals surface area contributed by atoms with Gasteiger partial charge in [0.15, 0.2) is 0 Å². The second-order valence-corrected chi connectivity index (χ2v) is 5.80. The van der Waals surface area contributed by atoms with Crippen molar-refractivity contribution in [3.05, 3.63) is 35.0 Å². The molecule has 0 radical (unpaired) electrons. The molecule has 0 fully saturated rings. The van der Waals surface area contributed by atoms with Crippen LogP contribution in [0.2, 0.25) is 0 Å². The van der Waals surface area contributed by atoms with Gasteiger partial charge in [-0.15, -0.1) is 0 Å². The number of nitrogens with one attached hydrogen (secondary N) is 1. The van der Waals surface area contributed by atoms with E-state index in [-0.39, 0.29) is 5.78 Å². The van der Waals surface area contributed by atoms with Gasteiger partial charge < -0.3 is 9.72 Å². The van der Waals surface area contributed by atoms with Crippen LogP contribution in [0, 0.1) is 6.92 Å². The minimum Gasteiger partial charge on any atom is -0.368 e. The number of aromatic amines is 1. The summed E-state index contributed by atoms with van der Waals surface area (Å²) in [5.41, 5.74) is 4.41. The van der Waals surface area contributed by atoms with E-state index in [9.17, 15) is 4.79 Å². The number of H-pyrrole nitrogens is 1. The lowest BCUT2D eigenvalue weighted by Gasteiger charge is -2.36. The van der Waals surface area contributed by atoms with Gasteiger partial charge in [0.2, 0.25) is 0 Å². The predicted octanol–water partition coefficient (Wildman–Crippen LogP) is 3.63. The normalized spacial score (nSPS) is 21.9. The van der Waals surface area contributed by atoms with Crippen LogP contribution in [0.25, 0.3) is 10.9 Å². The molecule has 0 saturated heterocycles. The first-order chi connectivity index (χ1) is 9.57. The zero-order valence-electron chi connectivity index (χ0n) is 12.4. The Morgan fingerprint density at radius 1 is 1.45 bits per heavy atom. The average molecular weight is 271 g/mol. The van der Waals surface area contributed by atoms with Crippen LogP contribution in [-0.4, -0.2) is 17.4 Å². The van der Waals surface area contributed by atoms with Crippen molar-refractivity contribution in [3.8, 4) is 0 Å². The Morgan fingerprint density at radius 3 is 2.95 bits per heavy atom. The third-order valence-electron chi connectivity index (χ3n) is 4.44. The molecular weight excluding hydrogens is 250 g/mol. The van der Waals surface area contributed by atoms with E-state index < -0.39 is 5.60 Å². The van der Waals surface area contributed by atoms with E-state index in [4.69, 9.17) is 4.74 Å². The minimum atomic E-state index is -0.467. The molecule has 0 spiro atoms. The van der Waals surface area contributed by atoms with E-state index in [1.807, 2.05) is 0 Å². The molecule has 3 rings (SSSR count). The van der Waals surface area contributed by atoms with Gasteiger partial charge in [-0.05, 0) is 37.8 Å². The van der Waals surface area contributed by atoms with Gasteiger partial charge in [-0.1, -0.05) is 25.1 Å². The molecule has 0 bridgehead atoms. The fraction of sp³-hybridized carbons (Fsp3) is 0.471. The molecule has 0 amide bonds. The highest BCUT2D eigenvalue weighted by atomic mass is 16.5. The third kappa shape index (κ3) is 1.88. The van der Waals surface area contributed by atoms with Crippen molar-refractivity contribution in [1.82, 2.24) is 4.98 Å². The second kappa shape index (κ2) is 4.74. The maximum absolute atomic E-state index is 11.7. The maximum atomic E-state index is 11.7. The number of carbonyl (C=O) groups excluding carboxylic acids is 1. The van der Waals surface area contributed by atoms with Crippen LogP contribution >= 0.6 is 0 Å². The van der Waals surface area contributed by atoms with Gasteiger partial charge in [0, 0.05) is 17.3 Å². The molecule has 1 unspecified atom stereocenters. The fourth-order valence-electron chi connectivity index (χ4n) is 3.43. The van der Waals surface area contributed by atoms with E-state index in [0.717, 1.165) is 18.5 Å². The summed E-state index contributed by atoms with van der Waals surface area (Å²) in [5, 5.41) is 1.28. The van der Waals surface area contributed by atoms with E-state index in [1.165, 1.54) is 22.0 Å². The van der Waals surface area contributed by atoms with Gasteiger partial charge in [-0.2, -0.15) is 0 Å². The molecule has 2 heterocycles. The third-order valence-corrected chi connectivity index (χ3v) is 4.44. The van der Waals surface area contributed by atoms with Crippen molar-refractivity contribution in [1.29, 1.82) is 0 Å². The van der Waals surface area contributed by atoms with Crippen LogP contribution in [0.1, 0.15) is 43.5 Å². The molecular formula is C17H21NO2. The average Bonchev–Trinajstić information content (AvgIpc) is 2.80. The number of fused-ring (bicyclic) bond motifs is 3. The zero-order chi connectivity index (χ0) is 14.3. The summed E-state index contributed by atoms with van der Waals surface area (Å²) in [4.78, 5) is 15.2. The van der Waals surface area contributed by atoms with Gasteiger partial charge in [0.05, 0.1) is 12.3 Å². The number of hydrogen-bond acceptors (Lipinski definition) is 2. The molecule has 3 heteroatoms. The topological polar surface area (TPSA) is 42.1 Å². The second-order valence-electron chi connectivity index (χ2n) is 5.80. The number of rotatable bonds is 3. The first kappa shape index (κ1) is 13.4. The highest BCUT2D eigenvalue weighted by Crippen LogP contribution is 2.42. The van der Waals surface area contributed by atoms with Gasteiger partial charge in [0.25, 0.3) is 0 Å². The van der Waals surface area contributed by atoms with Crippen LogP contribution in [0.4, 0.5) is 0 Å². The highest BCUT2D eigenvalue weighted by Gasteiger charge is 2.39. The van der Waals surface area contributed by atoms with Gasteiger partial charge in [0.1, 0.15) is 11.4 Å². The minimum absolute atomic E-state index is 0.176. The smallest absolute Gasteiger partial charge is 0.133 e. The molecule has 1 aromatic carbocycles. The summed E-state index contributed by atoms with van der Waals surface area (Å²) in [6.45, 7) is 6.54. The van der Waals surface area contributed by atoms with Crippen molar-refractivity contribution >= 4 is 16.7 Å². The number of ether oxygens (including phenoxy) is 1. The standard InChI is InChI=1S/C17H21NO2/c1-4-17(10-12(3)19)16-14(8-9-20-17)13-7-5-6-11(2)15(13)18-16/h5-7,18H,4,8-10H2,1-3H3. The Bertz CT molecular complexity index is 671. The summed E-state index contributed by atoms with van der Waals surface area (Å²) in [6, 6.07) is 6.38. The largest absolute Gasteiger partial charge is 0.368 e. The van der Waals surface area contributed by atoms with Crippen molar-refractivity contribution in [3.63, 3.8) is 0 Å². The van der Waals surface area contributed by atoms with Crippen molar-refractivity contribution in [2.75, 3.05) is 6.61 Å². The molecule has 1 aromatic heterocycles. The number of benzene rings is 1. The lowest BCUT2D eigenvalue weighted by atomic mass is 9.85. The van der Waals surface area contributed by atoms with Crippen LogP contribution < -0.4 is 0 Å². The van der Waals surface area contributed by atoms with Crippen LogP contribution in [0.5, 0.6) is 0 Å². The summed E-state index contributed by atoms with van der Waals surface area (Å²) in [5.74, 6) is 0.176. The van der Waals surface area contributed by atoms with Crippen molar-refractivity contribution < 1.29 is 9.53 Å². The summed E-state index contributed by atoms with van der Waals surface area (Å²) < 4.78 is 6.07. The molecule has 2 aromatic rings. The molecule has 1 N–H and O–H groups in total. The quantitative estimate of drug-likeness (QED) is 0.926. The lowest BCUT2D eigenvalue weighted by molar-refractivity contribution is -0.128.